The third-order valence-corrected chi connectivity index (χ3v) is 6.63. The van der Waals surface area contributed by atoms with Gasteiger partial charge in [-0.2, -0.15) is 0 Å². The van der Waals surface area contributed by atoms with Crippen molar-refractivity contribution in [2.24, 2.45) is 5.92 Å². The summed E-state index contributed by atoms with van der Waals surface area (Å²) < 4.78 is 25.9. The molecule has 1 aliphatic heterocycles. The molecule has 1 saturated heterocycles. The van der Waals surface area contributed by atoms with Crippen LogP contribution in [0.25, 0.3) is 0 Å². The van der Waals surface area contributed by atoms with Crippen molar-refractivity contribution in [3.05, 3.63) is 34.9 Å². The van der Waals surface area contributed by atoms with Crippen LogP contribution in [-0.2, 0) is 14.8 Å². The van der Waals surface area contributed by atoms with E-state index in [4.69, 9.17) is 11.6 Å². The Morgan fingerprint density at radius 1 is 1.38 bits per heavy atom. The smallest absolute Gasteiger partial charge is 0.224 e. The van der Waals surface area contributed by atoms with Gasteiger partial charge in [-0.05, 0) is 43.9 Å². The van der Waals surface area contributed by atoms with E-state index in [1.165, 1.54) is 4.31 Å². The predicted molar refractivity (Wildman–Crippen MR) is 96.4 cm³/mol. The zero-order chi connectivity index (χ0) is 17.7. The second-order valence-corrected chi connectivity index (χ2v) is 8.82. The fourth-order valence-corrected chi connectivity index (χ4v) is 4.68. The molecule has 1 amide bonds. The highest BCUT2D eigenvalue weighted by Gasteiger charge is 2.32. The number of hydrogen-bond donors (Lipinski definition) is 1. The molecule has 1 N–H and O–H groups in total. The second-order valence-electron chi connectivity index (χ2n) is 6.30. The maximum atomic E-state index is 12.5. The number of rotatable bonds is 6. The van der Waals surface area contributed by atoms with Crippen molar-refractivity contribution in [3.63, 3.8) is 0 Å². The van der Waals surface area contributed by atoms with E-state index in [2.05, 4.69) is 5.32 Å². The van der Waals surface area contributed by atoms with E-state index in [0.717, 1.165) is 18.4 Å². The molecule has 1 heterocycles. The number of piperidine rings is 1. The molecule has 0 spiro atoms. The van der Waals surface area contributed by atoms with Gasteiger partial charge in [-0.15, -0.1) is 0 Å². The van der Waals surface area contributed by atoms with Gasteiger partial charge in [-0.1, -0.05) is 30.7 Å². The van der Waals surface area contributed by atoms with E-state index in [1.54, 1.807) is 12.1 Å². The average Bonchev–Trinajstić information content (AvgIpc) is 2.55. The number of nitrogens with zero attached hydrogens (tertiary/aromatic N) is 1. The highest BCUT2D eigenvalue weighted by Crippen LogP contribution is 2.22. The van der Waals surface area contributed by atoms with Crippen LogP contribution in [-0.4, -0.2) is 37.5 Å². The molecule has 134 valence electrons. The van der Waals surface area contributed by atoms with Crippen molar-refractivity contribution in [2.75, 3.05) is 18.8 Å². The summed E-state index contributed by atoms with van der Waals surface area (Å²) in [6, 6.07) is 7.20. The van der Waals surface area contributed by atoms with Crippen LogP contribution in [0.3, 0.4) is 0 Å². The van der Waals surface area contributed by atoms with Gasteiger partial charge in [0.05, 0.1) is 17.7 Å². The molecule has 0 bridgehead atoms. The van der Waals surface area contributed by atoms with E-state index < -0.39 is 10.0 Å². The Morgan fingerprint density at radius 3 is 2.67 bits per heavy atom. The Kier molecular flexibility index (Phi) is 6.66. The summed E-state index contributed by atoms with van der Waals surface area (Å²) >= 11 is 5.88. The minimum absolute atomic E-state index is 0.0890. The number of carbonyl (C=O) groups is 1. The molecule has 24 heavy (non-hydrogen) atoms. The van der Waals surface area contributed by atoms with Crippen molar-refractivity contribution < 1.29 is 13.2 Å². The first-order chi connectivity index (χ1) is 11.3. The fourth-order valence-electron chi connectivity index (χ4n) is 2.96. The van der Waals surface area contributed by atoms with Crippen LogP contribution in [0, 0.1) is 5.92 Å². The summed E-state index contributed by atoms with van der Waals surface area (Å²) in [5.41, 5.74) is 0.971. The summed E-state index contributed by atoms with van der Waals surface area (Å²) in [5, 5.41) is 3.64. The molecule has 2 atom stereocenters. The maximum Gasteiger partial charge on any atom is 0.224 e. The lowest BCUT2D eigenvalue weighted by Crippen LogP contribution is -2.46. The molecule has 0 saturated carbocycles. The Labute approximate surface area is 149 Å². The number of hydrogen-bond acceptors (Lipinski definition) is 3. The molecule has 0 radical (unpaired) electrons. The van der Waals surface area contributed by atoms with Crippen molar-refractivity contribution in [2.45, 2.75) is 39.2 Å². The predicted octanol–water partition coefficient (Wildman–Crippen LogP) is 2.97. The Hall–Kier alpha value is -1.11. The van der Waals surface area contributed by atoms with Gasteiger partial charge < -0.3 is 5.32 Å². The minimum Gasteiger partial charge on any atom is -0.349 e. The molecule has 5 nitrogen and oxygen atoms in total. The molecule has 0 aromatic heterocycles. The number of halogens is 1. The summed E-state index contributed by atoms with van der Waals surface area (Å²) in [5.74, 6) is -0.239. The van der Waals surface area contributed by atoms with Gasteiger partial charge in [0, 0.05) is 18.1 Å². The van der Waals surface area contributed by atoms with Gasteiger partial charge in [0.25, 0.3) is 0 Å². The normalized spacial score (nSPS) is 20.5. The second kappa shape index (κ2) is 8.32. The molecule has 1 aliphatic rings. The van der Waals surface area contributed by atoms with Crippen LogP contribution in [0.2, 0.25) is 5.02 Å². The van der Waals surface area contributed by atoms with Crippen molar-refractivity contribution in [1.29, 1.82) is 0 Å². The summed E-state index contributed by atoms with van der Waals surface area (Å²) in [6.45, 7) is 4.55. The Balaban J connectivity index is 1.97. The third-order valence-electron chi connectivity index (χ3n) is 4.34. The highest BCUT2D eigenvalue weighted by molar-refractivity contribution is 7.89. The van der Waals surface area contributed by atoms with E-state index in [1.807, 2.05) is 26.0 Å². The first-order valence-corrected chi connectivity index (χ1v) is 10.4. The van der Waals surface area contributed by atoms with Crippen molar-refractivity contribution >= 4 is 27.5 Å². The van der Waals surface area contributed by atoms with Crippen LogP contribution in [0.4, 0.5) is 0 Å². The molecule has 1 aromatic rings. The zero-order valence-electron chi connectivity index (χ0n) is 14.2. The van der Waals surface area contributed by atoms with E-state index in [0.29, 0.717) is 18.0 Å². The summed E-state index contributed by atoms with van der Waals surface area (Å²) in [7, 11) is -3.25. The number of nitrogens with one attached hydrogen (secondary N) is 1. The zero-order valence-corrected chi connectivity index (χ0v) is 15.7. The Morgan fingerprint density at radius 2 is 2.04 bits per heavy atom. The fraction of sp³-hybridized carbons (Fsp3) is 0.588. The number of amides is 1. The number of sulfonamides is 1. The monoisotopic (exact) mass is 372 g/mol. The molecular formula is C17H25ClN2O3S. The SMILES string of the molecule is CCCS(=O)(=O)N1CCC[C@H](C(=O)N[C@H](C)c2ccc(Cl)cc2)C1. The standard InChI is InChI=1S/C17H25ClN2O3S/c1-3-11-24(22,23)20-10-4-5-15(12-20)17(21)19-13(2)14-6-8-16(18)9-7-14/h6-9,13,15H,3-5,10-12H2,1-2H3,(H,19,21)/t13-,15+/m1/s1. The van der Waals surface area contributed by atoms with Gasteiger partial charge in [0.15, 0.2) is 0 Å². The van der Waals surface area contributed by atoms with Crippen LogP contribution in [0.5, 0.6) is 0 Å². The summed E-state index contributed by atoms with van der Waals surface area (Å²) in [6.07, 6.45) is 2.02. The largest absolute Gasteiger partial charge is 0.349 e. The van der Waals surface area contributed by atoms with Crippen molar-refractivity contribution in [1.82, 2.24) is 9.62 Å². The van der Waals surface area contributed by atoms with E-state index in [9.17, 15) is 13.2 Å². The lowest BCUT2D eigenvalue weighted by molar-refractivity contribution is -0.126. The first kappa shape index (κ1) is 19.2. The summed E-state index contributed by atoms with van der Waals surface area (Å²) in [4.78, 5) is 12.5. The Bertz CT molecular complexity index is 661. The minimum atomic E-state index is -3.25. The van der Waals surface area contributed by atoms with Crippen LogP contribution in [0.15, 0.2) is 24.3 Å². The number of carbonyl (C=O) groups excluding carboxylic acids is 1. The van der Waals surface area contributed by atoms with Crippen LogP contribution < -0.4 is 5.32 Å². The molecule has 1 fully saturated rings. The molecule has 0 aliphatic carbocycles. The van der Waals surface area contributed by atoms with Gasteiger partial charge in [0.2, 0.25) is 15.9 Å². The number of benzene rings is 1. The molecule has 1 aromatic carbocycles. The molecule has 7 heteroatoms. The van der Waals surface area contributed by atoms with E-state index in [-0.39, 0.29) is 30.2 Å². The van der Waals surface area contributed by atoms with Crippen LogP contribution >= 0.6 is 11.6 Å². The van der Waals surface area contributed by atoms with Gasteiger partial charge >= 0.3 is 0 Å². The molecular weight excluding hydrogens is 348 g/mol. The lowest BCUT2D eigenvalue weighted by Gasteiger charge is -2.31. The first-order valence-electron chi connectivity index (χ1n) is 8.37. The maximum absolute atomic E-state index is 12.5. The van der Waals surface area contributed by atoms with Gasteiger partial charge in [-0.25, -0.2) is 12.7 Å². The van der Waals surface area contributed by atoms with E-state index >= 15 is 0 Å². The lowest BCUT2D eigenvalue weighted by atomic mass is 9.98. The molecule has 2 rings (SSSR count). The van der Waals surface area contributed by atoms with Crippen molar-refractivity contribution in [3.8, 4) is 0 Å². The quantitative estimate of drug-likeness (QED) is 0.834. The topological polar surface area (TPSA) is 66.5 Å². The van der Waals surface area contributed by atoms with Gasteiger partial charge in [0.1, 0.15) is 0 Å². The van der Waals surface area contributed by atoms with Gasteiger partial charge in [-0.3, -0.25) is 4.79 Å². The van der Waals surface area contributed by atoms with Crippen LogP contribution in [0.1, 0.15) is 44.7 Å². The third kappa shape index (κ3) is 4.94. The highest BCUT2D eigenvalue weighted by atomic mass is 35.5. The molecule has 0 unspecified atom stereocenters. The average molecular weight is 373 g/mol.